The van der Waals surface area contributed by atoms with Crippen LogP contribution in [0.3, 0.4) is 0 Å². The molecule has 1 unspecified atom stereocenters. The Morgan fingerprint density at radius 1 is 1.27 bits per heavy atom. The van der Waals surface area contributed by atoms with Crippen molar-refractivity contribution in [1.29, 1.82) is 0 Å². The minimum atomic E-state index is -0.319. The third kappa shape index (κ3) is 4.84. The van der Waals surface area contributed by atoms with E-state index in [0.717, 1.165) is 6.42 Å². The first kappa shape index (κ1) is 21.5. The van der Waals surface area contributed by atoms with Crippen molar-refractivity contribution in [1.82, 2.24) is 19.6 Å². The summed E-state index contributed by atoms with van der Waals surface area (Å²) in [6, 6.07) is 6.94. The van der Waals surface area contributed by atoms with Gasteiger partial charge in [-0.25, -0.2) is 0 Å². The van der Waals surface area contributed by atoms with Gasteiger partial charge in [0.05, 0.1) is 30.8 Å². The van der Waals surface area contributed by atoms with Gasteiger partial charge in [0.2, 0.25) is 17.2 Å². The van der Waals surface area contributed by atoms with Crippen molar-refractivity contribution in [3.63, 3.8) is 0 Å². The van der Waals surface area contributed by atoms with Gasteiger partial charge in [-0.15, -0.1) is 0 Å². The molecule has 9 nitrogen and oxygen atoms in total. The van der Waals surface area contributed by atoms with Crippen LogP contribution in [-0.2, 0) is 25.7 Å². The highest BCUT2D eigenvalue weighted by Gasteiger charge is 2.30. The van der Waals surface area contributed by atoms with Gasteiger partial charge < -0.3 is 14.5 Å². The quantitative estimate of drug-likeness (QED) is 0.644. The maximum Gasteiger partial charge on any atom is 0.310 e. The van der Waals surface area contributed by atoms with E-state index in [0.29, 0.717) is 37.0 Å². The fraction of sp³-hybridized carbons (Fsp3) is 0.476. The molecule has 0 saturated carbocycles. The molecule has 1 aromatic heterocycles. The standard InChI is InChI=1S/C21H26N4O5/c1-3-30-21(29)15-7-6-10-24(12-15)20(28)13-23(2)19(27)14-25-17-9-5-4-8-16(17)18(26)11-22-25/h4-5,8-9,11,15H,3,6-7,10,12-14H2,1-2H3. The Morgan fingerprint density at radius 2 is 2.03 bits per heavy atom. The van der Waals surface area contributed by atoms with Crippen LogP contribution in [0.25, 0.3) is 10.9 Å². The molecule has 0 radical (unpaired) electrons. The van der Waals surface area contributed by atoms with E-state index in [1.54, 1.807) is 43.1 Å². The highest BCUT2D eigenvalue weighted by atomic mass is 16.5. The zero-order valence-corrected chi connectivity index (χ0v) is 17.2. The number of hydrogen-bond acceptors (Lipinski definition) is 6. The Balaban J connectivity index is 1.62. The van der Waals surface area contributed by atoms with Crippen LogP contribution >= 0.6 is 0 Å². The number of hydrogen-bond donors (Lipinski definition) is 0. The largest absolute Gasteiger partial charge is 0.466 e. The number of fused-ring (bicyclic) bond motifs is 1. The lowest BCUT2D eigenvalue weighted by molar-refractivity contribution is -0.152. The molecule has 2 amide bonds. The van der Waals surface area contributed by atoms with Gasteiger partial charge in [0.15, 0.2) is 0 Å². The molecule has 2 heterocycles. The second kappa shape index (κ2) is 9.51. The summed E-state index contributed by atoms with van der Waals surface area (Å²) in [6.45, 7) is 2.76. The van der Waals surface area contributed by atoms with Crippen molar-refractivity contribution in [2.24, 2.45) is 5.92 Å². The molecule has 9 heteroatoms. The predicted molar refractivity (Wildman–Crippen MR) is 110 cm³/mol. The minimum absolute atomic E-state index is 0.0873. The van der Waals surface area contributed by atoms with E-state index in [1.807, 2.05) is 0 Å². The Labute approximate surface area is 174 Å². The summed E-state index contributed by atoms with van der Waals surface area (Å²) in [5.41, 5.74) is 0.352. The molecule has 30 heavy (non-hydrogen) atoms. The fourth-order valence-corrected chi connectivity index (χ4v) is 3.58. The topological polar surface area (TPSA) is 102 Å². The number of nitrogens with zero attached hydrogens (tertiary/aromatic N) is 4. The van der Waals surface area contributed by atoms with Crippen LogP contribution in [-0.4, -0.2) is 70.7 Å². The average Bonchev–Trinajstić information content (AvgIpc) is 2.76. The number of ether oxygens (including phenoxy) is 1. The van der Waals surface area contributed by atoms with Gasteiger partial charge in [-0.3, -0.25) is 23.9 Å². The van der Waals surface area contributed by atoms with Gasteiger partial charge in [-0.1, -0.05) is 12.1 Å². The van der Waals surface area contributed by atoms with Crippen LogP contribution in [0.4, 0.5) is 0 Å². The molecular formula is C21H26N4O5. The summed E-state index contributed by atoms with van der Waals surface area (Å²) < 4.78 is 6.52. The summed E-state index contributed by atoms with van der Waals surface area (Å²) >= 11 is 0. The van der Waals surface area contributed by atoms with E-state index in [4.69, 9.17) is 4.74 Å². The lowest BCUT2D eigenvalue weighted by Gasteiger charge is -2.32. The number of carbonyl (C=O) groups is 3. The van der Waals surface area contributed by atoms with Crippen molar-refractivity contribution in [3.8, 4) is 0 Å². The molecule has 1 aliphatic heterocycles. The van der Waals surface area contributed by atoms with E-state index in [1.165, 1.54) is 15.8 Å². The van der Waals surface area contributed by atoms with Gasteiger partial charge in [0.25, 0.3) is 0 Å². The van der Waals surface area contributed by atoms with E-state index in [2.05, 4.69) is 5.10 Å². The van der Waals surface area contributed by atoms with E-state index < -0.39 is 0 Å². The molecule has 0 aliphatic carbocycles. The van der Waals surface area contributed by atoms with Gasteiger partial charge in [0.1, 0.15) is 6.54 Å². The van der Waals surface area contributed by atoms with Gasteiger partial charge in [-0.05, 0) is 31.9 Å². The zero-order chi connectivity index (χ0) is 21.7. The Hall–Kier alpha value is -3.23. The second-order valence-electron chi connectivity index (χ2n) is 7.36. The van der Waals surface area contributed by atoms with Gasteiger partial charge >= 0.3 is 5.97 Å². The molecule has 1 fully saturated rings. The number of esters is 1. The first-order valence-corrected chi connectivity index (χ1v) is 10.0. The first-order chi connectivity index (χ1) is 14.4. The number of aromatic nitrogens is 2. The third-order valence-electron chi connectivity index (χ3n) is 5.24. The minimum Gasteiger partial charge on any atom is -0.466 e. The van der Waals surface area contributed by atoms with Crippen LogP contribution in [0, 0.1) is 5.92 Å². The fourth-order valence-electron chi connectivity index (χ4n) is 3.58. The van der Waals surface area contributed by atoms with Crippen LogP contribution < -0.4 is 5.43 Å². The van der Waals surface area contributed by atoms with Crippen LogP contribution in [0.1, 0.15) is 19.8 Å². The third-order valence-corrected chi connectivity index (χ3v) is 5.24. The maximum absolute atomic E-state index is 12.7. The molecule has 1 aromatic carbocycles. The number of benzene rings is 1. The molecule has 1 aliphatic rings. The van der Waals surface area contributed by atoms with Gasteiger partial charge in [0, 0.05) is 25.5 Å². The lowest BCUT2D eigenvalue weighted by atomic mass is 9.98. The molecule has 1 saturated heterocycles. The van der Waals surface area contributed by atoms with E-state index in [-0.39, 0.29) is 42.2 Å². The molecule has 3 rings (SSSR count). The lowest BCUT2D eigenvalue weighted by Crippen LogP contribution is -2.47. The number of likely N-dealkylation sites (N-methyl/N-ethyl adjacent to an activating group) is 1. The number of rotatable bonds is 6. The number of carbonyl (C=O) groups excluding carboxylic acids is 3. The molecule has 2 aromatic rings. The van der Waals surface area contributed by atoms with Crippen LogP contribution in [0.5, 0.6) is 0 Å². The number of likely N-dealkylation sites (tertiary alicyclic amines) is 1. The molecule has 1 atom stereocenters. The SMILES string of the molecule is CCOC(=O)C1CCCN(C(=O)CN(C)C(=O)Cn2ncc(=O)c3ccccc32)C1. The molecule has 0 spiro atoms. The highest BCUT2D eigenvalue weighted by Crippen LogP contribution is 2.18. The monoisotopic (exact) mass is 414 g/mol. The molecular weight excluding hydrogens is 388 g/mol. The predicted octanol–water partition coefficient (Wildman–Crippen LogP) is 0.657. The van der Waals surface area contributed by atoms with Crippen LogP contribution in [0.15, 0.2) is 35.3 Å². The normalized spacial score (nSPS) is 16.3. The second-order valence-corrected chi connectivity index (χ2v) is 7.36. The Bertz CT molecular complexity index is 1000. The summed E-state index contributed by atoms with van der Waals surface area (Å²) in [4.78, 5) is 52.2. The Kier molecular flexibility index (Phi) is 6.81. The van der Waals surface area contributed by atoms with Crippen LogP contribution in [0.2, 0.25) is 0 Å². The number of piperidine rings is 1. The summed E-state index contributed by atoms with van der Waals surface area (Å²) in [5.74, 6) is -1.11. The van der Waals surface area contributed by atoms with Crippen molar-refractivity contribution in [2.45, 2.75) is 26.3 Å². The summed E-state index contributed by atoms with van der Waals surface area (Å²) in [6.07, 6.45) is 2.60. The summed E-state index contributed by atoms with van der Waals surface area (Å²) in [5, 5.41) is 4.54. The molecule has 160 valence electrons. The van der Waals surface area contributed by atoms with Crippen molar-refractivity contribution in [3.05, 3.63) is 40.7 Å². The molecule has 0 bridgehead atoms. The smallest absolute Gasteiger partial charge is 0.310 e. The highest BCUT2D eigenvalue weighted by molar-refractivity contribution is 5.86. The maximum atomic E-state index is 12.7. The zero-order valence-electron chi connectivity index (χ0n) is 17.2. The van der Waals surface area contributed by atoms with E-state index in [9.17, 15) is 19.2 Å². The number of para-hydroxylation sites is 1. The van der Waals surface area contributed by atoms with E-state index >= 15 is 0 Å². The number of amides is 2. The van der Waals surface area contributed by atoms with Gasteiger partial charge in [-0.2, -0.15) is 5.10 Å². The average molecular weight is 414 g/mol. The molecule has 0 N–H and O–H groups in total. The van der Waals surface area contributed by atoms with Crippen molar-refractivity contribution in [2.75, 3.05) is 33.3 Å². The van der Waals surface area contributed by atoms with Crippen molar-refractivity contribution >= 4 is 28.7 Å². The van der Waals surface area contributed by atoms with Crippen molar-refractivity contribution < 1.29 is 19.1 Å². The first-order valence-electron chi connectivity index (χ1n) is 10.0. The Morgan fingerprint density at radius 3 is 2.80 bits per heavy atom. The summed E-state index contributed by atoms with van der Waals surface area (Å²) in [7, 11) is 1.55.